The third kappa shape index (κ3) is 5.94. The van der Waals surface area contributed by atoms with Gasteiger partial charge in [0.2, 0.25) is 0 Å². The van der Waals surface area contributed by atoms with Crippen LogP contribution in [-0.2, 0) is 4.74 Å². The predicted molar refractivity (Wildman–Crippen MR) is 39.4 cm³/mol. The van der Waals surface area contributed by atoms with Crippen LogP contribution in [0.25, 0.3) is 0 Å². The molecule has 0 N–H and O–H groups in total. The number of hydrogen-bond donors (Lipinski definition) is 0. The molecule has 0 aromatic rings. The maximum atomic E-state index is 11.8. The van der Waals surface area contributed by atoms with E-state index in [0.29, 0.717) is 0 Å². The zero-order valence-electron chi connectivity index (χ0n) is 4.23. The molecule has 0 heterocycles. The molecule has 0 aliphatic carbocycles. The molecule has 0 radical (unpaired) electrons. The Morgan fingerprint density at radius 3 is 2.88 bits per heavy atom. The summed E-state index contributed by atoms with van der Waals surface area (Å²) in [5, 5.41) is 0. The quantitative estimate of drug-likeness (QED) is 0.409. The fourth-order valence-electron chi connectivity index (χ4n) is 0.179. The highest BCUT2D eigenvalue weighted by molar-refractivity contribution is 14.1. The van der Waals surface area contributed by atoms with Gasteiger partial charge in [0.1, 0.15) is 6.61 Å². The molecule has 0 aromatic carbocycles. The maximum Gasteiger partial charge on any atom is 0.159 e. The van der Waals surface area contributed by atoms with Crippen LogP contribution in [-0.4, -0.2) is 6.61 Å². The molecule has 0 saturated heterocycles. The van der Waals surface area contributed by atoms with Crippen molar-refractivity contribution in [1.29, 1.82) is 0 Å². The van der Waals surface area contributed by atoms with Crippen LogP contribution in [0.4, 0.5) is 4.39 Å². The van der Waals surface area contributed by atoms with Gasteiger partial charge in [0.15, 0.2) is 3.83 Å². The normalized spacial score (nSPS) is 11.0. The zero-order valence-corrected chi connectivity index (χ0v) is 6.39. The lowest BCUT2D eigenvalue weighted by molar-refractivity contribution is 0.289. The molecule has 0 spiro atoms. The summed E-state index contributed by atoms with van der Waals surface area (Å²) in [7, 11) is 0. The van der Waals surface area contributed by atoms with E-state index >= 15 is 0 Å². The maximum absolute atomic E-state index is 11.8. The van der Waals surface area contributed by atoms with E-state index in [0.717, 1.165) is 0 Å². The Hall–Kier alpha value is -0.0600. The summed E-state index contributed by atoms with van der Waals surface area (Å²) in [5.74, 6) is 0. The van der Waals surface area contributed by atoms with Crippen molar-refractivity contribution in [3.05, 3.63) is 22.8 Å². The van der Waals surface area contributed by atoms with Gasteiger partial charge >= 0.3 is 0 Å². The Balaban J connectivity index is 3.15. The van der Waals surface area contributed by atoms with E-state index in [4.69, 9.17) is 0 Å². The number of halogens is 2. The monoisotopic (exact) mass is 228 g/mol. The second-order valence-electron chi connectivity index (χ2n) is 0.994. The average Bonchev–Trinajstić information content (AvgIpc) is 1.66. The molecule has 0 atom stereocenters. The van der Waals surface area contributed by atoms with Crippen LogP contribution in [0.3, 0.4) is 0 Å². The molecule has 0 unspecified atom stereocenters. The Morgan fingerprint density at radius 2 is 2.50 bits per heavy atom. The minimum atomic E-state index is -0.260. The van der Waals surface area contributed by atoms with Crippen LogP contribution < -0.4 is 0 Å². The topological polar surface area (TPSA) is 9.23 Å². The van der Waals surface area contributed by atoms with Gasteiger partial charge in [-0.3, -0.25) is 0 Å². The summed E-state index contributed by atoms with van der Waals surface area (Å²) in [6.45, 7) is 3.54. The minimum Gasteiger partial charge on any atom is -0.498 e. The Kier molecular flexibility index (Phi) is 5.05. The molecular weight excluding hydrogens is 222 g/mol. The second-order valence-corrected chi connectivity index (χ2v) is 2.02. The highest BCUT2D eigenvalue weighted by Crippen LogP contribution is 2.04. The molecule has 0 saturated carbocycles. The summed E-state index contributed by atoms with van der Waals surface area (Å²) < 4.78 is 16.1. The van der Waals surface area contributed by atoms with Crippen LogP contribution in [0.1, 0.15) is 0 Å². The number of hydrogen-bond acceptors (Lipinski definition) is 1. The highest BCUT2D eigenvalue weighted by atomic mass is 127. The van der Waals surface area contributed by atoms with Gasteiger partial charge < -0.3 is 4.74 Å². The van der Waals surface area contributed by atoms with Gasteiger partial charge in [-0.2, -0.15) is 0 Å². The van der Waals surface area contributed by atoms with Crippen molar-refractivity contribution >= 4 is 22.6 Å². The van der Waals surface area contributed by atoms with Crippen molar-refractivity contribution < 1.29 is 9.13 Å². The molecule has 0 rings (SSSR count). The minimum absolute atomic E-state index is 0.260. The van der Waals surface area contributed by atoms with Crippen molar-refractivity contribution in [2.75, 3.05) is 6.61 Å². The lowest BCUT2D eigenvalue weighted by atomic mass is 10.7. The molecule has 0 aliphatic heterocycles. The fourth-order valence-corrected chi connectivity index (χ4v) is 0.359. The van der Waals surface area contributed by atoms with Gasteiger partial charge in [-0.05, 0) is 28.7 Å². The Labute approximate surface area is 61.4 Å². The summed E-state index contributed by atoms with van der Waals surface area (Å²) >= 11 is 1.56. The van der Waals surface area contributed by atoms with E-state index in [1.807, 2.05) is 0 Å². The molecule has 0 bridgehead atoms. The van der Waals surface area contributed by atoms with E-state index in [9.17, 15) is 4.39 Å². The van der Waals surface area contributed by atoms with Crippen LogP contribution >= 0.6 is 22.6 Å². The van der Waals surface area contributed by atoms with Crippen LogP contribution in [0.5, 0.6) is 0 Å². The lowest BCUT2D eigenvalue weighted by Crippen LogP contribution is -1.78. The highest BCUT2D eigenvalue weighted by Gasteiger charge is 1.80. The molecule has 3 heteroatoms. The number of rotatable bonds is 3. The zero-order chi connectivity index (χ0) is 6.41. The van der Waals surface area contributed by atoms with Crippen LogP contribution in [0.15, 0.2) is 22.8 Å². The van der Waals surface area contributed by atoms with Crippen molar-refractivity contribution in [3.63, 3.8) is 0 Å². The summed E-state index contributed by atoms with van der Waals surface area (Å²) in [6, 6.07) is 0. The smallest absolute Gasteiger partial charge is 0.159 e. The van der Waals surface area contributed by atoms with E-state index in [1.165, 1.54) is 12.3 Å². The molecule has 0 fully saturated rings. The molecule has 1 nitrogen and oxygen atoms in total. The summed E-state index contributed by atoms with van der Waals surface area (Å²) in [5.41, 5.74) is 0. The third-order valence-corrected chi connectivity index (χ3v) is 0.892. The van der Waals surface area contributed by atoms with Gasteiger partial charge in [-0.1, -0.05) is 6.58 Å². The Morgan fingerprint density at radius 1 is 1.88 bits per heavy atom. The summed E-state index contributed by atoms with van der Waals surface area (Å²) in [6.07, 6.45) is 2.60. The van der Waals surface area contributed by atoms with E-state index in [-0.39, 0.29) is 10.4 Å². The van der Waals surface area contributed by atoms with Crippen molar-refractivity contribution in [2.45, 2.75) is 0 Å². The largest absolute Gasteiger partial charge is 0.498 e. The standard InChI is InChI=1S/C5H6FIO/c1-2-8-4-3-5(6)7/h2-3H,1,4H2. The van der Waals surface area contributed by atoms with Gasteiger partial charge in [-0.25, -0.2) is 4.39 Å². The third-order valence-electron chi connectivity index (χ3n) is 0.452. The first-order valence-corrected chi connectivity index (χ1v) is 3.09. The fraction of sp³-hybridized carbons (Fsp3) is 0.200. The predicted octanol–water partition coefficient (Wildman–Crippen LogP) is 2.39. The van der Waals surface area contributed by atoms with Gasteiger partial charge in [-0.15, -0.1) is 0 Å². The number of ether oxygens (including phenoxy) is 1. The first-order chi connectivity index (χ1) is 3.77. The molecule has 46 valence electrons. The van der Waals surface area contributed by atoms with Crippen molar-refractivity contribution in [1.82, 2.24) is 0 Å². The molecule has 0 amide bonds. The van der Waals surface area contributed by atoms with Crippen molar-refractivity contribution in [3.8, 4) is 0 Å². The van der Waals surface area contributed by atoms with Gasteiger partial charge in [0.05, 0.1) is 6.26 Å². The summed E-state index contributed by atoms with van der Waals surface area (Å²) in [4.78, 5) is 0. The molecule has 8 heavy (non-hydrogen) atoms. The van der Waals surface area contributed by atoms with Crippen LogP contribution in [0, 0.1) is 0 Å². The van der Waals surface area contributed by atoms with E-state index in [1.54, 1.807) is 22.6 Å². The van der Waals surface area contributed by atoms with E-state index in [2.05, 4.69) is 11.3 Å². The molecular formula is C5H6FIO. The first kappa shape index (κ1) is 7.94. The lowest BCUT2D eigenvalue weighted by Gasteiger charge is -1.89. The van der Waals surface area contributed by atoms with Gasteiger partial charge in [0.25, 0.3) is 0 Å². The van der Waals surface area contributed by atoms with Crippen molar-refractivity contribution in [2.24, 2.45) is 0 Å². The van der Waals surface area contributed by atoms with Gasteiger partial charge in [0, 0.05) is 0 Å². The SMILES string of the molecule is C=COCC=C(F)I. The first-order valence-electron chi connectivity index (χ1n) is 2.01. The van der Waals surface area contributed by atoms with Crippen LogP contribution in [0.2, 0.25) is 0 Å². The Bertz CT molecular complexity index is 96.6. The van der Waals surface area contributed by atoms with E-state index < -0.39 is 0 Å². The molecule has 0 aliphatic rings. The average molecular weight is 228 g/mol. The molecule has 0 aromatic heterocycles. The second kappa shape index (κ2) is 5.08.